The van der Waals surface area contributed by atoms with E-state index < -0.39 is 0 Å². The van der Waals surface area contributed by atoms with Crippen molar-refractivity contribution in [2.75, 3.05) is 13.2 Å². The molecule has 0 amide bonds. The minimum atomic E-state index is 0.133. The Morgan fingerprint density at radius 2 is 1.89 bits per heavy atom. The molecule has 0 aromatic heterocycles. The van der Waals surface area contributed by atoms with Gasteiger partial charge in [0.2, 0.25) is 0 Å². The molecule has 2 atom stereocenters. The largest absolute Gasteiger partial charge is 0.374 e. The number of rotatable bonds is 0. The van der Waals surface area contributed by atoms with E-state index in [1.165, 1.54) is 0 Å². The van der Waals surface area contributed by atoms with E-state index >= 15 is 0 Å². The highest BCUT2D eigenvalue weighted by molar-refractivity contribution is 5.23. The molecule has 0 N–H and O–H groups in total. The van der Waals surface area contributed by atoms with Crippen molar-refractivity contribution in [3.05, 3.63) is 23.3 Å². The third kappa shape index (κ3) is 5.14. The minimum Gasteiger partial charge on any atom is -0.374 e. The van der Waals surface area contributed by atoms with Crippen LogP contribution in [0.3, 0.4) is 0 Å². The van der Waals surface area contributed by atoms with Crippen LogP contribution in [-0.2, 0) is 9.47 Å². The van der Waals surface area contributed by atoms with E-state index in [0.717, 1.165) is 24.0 Å². The van der Waals surface area contributed by atoms with Crippen molar-refractivity contribution < 1.29 is 9.47 Å². The quantitative estimate of drug-likeness (QED) is 0.658. The molecule has 0 spiro atoms. The topological polar surface area (TPSA) is 66.0 Å². The van der Waals surface area contributed by atoms with Crippen molar-refractivity contribution >= 4 is 0 Å². The number of nitriles is 2. The summed E-state index contributed by atoms with van der Waals surface area (Å²) in [5.74, 6) is 0. The Balaban J connectivity index is 0.000000180. The molecule has 0 aliphatic carbocycles. The van der Waals surface area contributed by atoms with Crippen molar-refractivity contribution in [2.45, 2.75) is 38.9 Å². The van der Waals surface area contributed by atoms with E-state index in [-0.39, 0.29) is 12.2 Å². The van der Waals surface area contributed by atoms with Crippen LogP contribution in [0.5, 0.6) is 0 Å². The van der Waals surface area contributed by atoms with Crippen LogP contribution in [0.15, 0.2) is 23.3 Å². The number of ether oxygens (including phenoxy) is 2. The van der Waals surface area contributed by atoms with E-state index in [0.29, 0.717) is 13.2 Å². The SMILES string of the molecule is CC1C=C(C#N)CCO1.CC1CC(C#N)=CCO1. The predicted octanol–water partition coefficient (Wildman–Crippen LogP) is 2.49. The van der Waals surface area contributed by atoms with Gasteiger partial charge in [-0.1, -0.05) is 0 Å². The highest BCUT2D eigenvalue weighted by Gasteiger charge is 2.09. The van der Waals surface area contributed by atoms with Gasteiger partial charge in [0.25, 0.3) is 0 Å². The first-order valence-electron chi connectivity index (χ1n) is 6.08. The van der Waals surface area contributed by atoms with Gasteiger partial charge >= 0.3 is 0 Å². The molecule has 4 heteroatoms. The first-order chi connectivity index (χ1) is 8.65. The molecule has 2 unspecified atom stereocenters. The summed E-state index contributed by atoms with van der Waals surface area (Å²) < 4.78 is 10.4. The number of hydrogen-bond donors (Lipinski definition) is 0. The van der Waals surface area contributed by atoms with Gasteiger partial charge in [-0.05, 0) is 26.0 Å². The lowest BCUT2D eigenvalue weighted by Gasteiger charge is -2.15. The Morgan fingerprint density at radius 3 is 2.33 bits per heavy atom. The molecule has 96 valence electrons. The van der Waals surface area contributed by atoms with Crippen LogP contribution in [0.1, 0.15) is 26.7 Å². The van der Waals surface area contributed by atoms with Gasteiger partial charge in [0.05, 0.1) is 37.6 Å². The fraction of sp³-hybridized carbons (Fsp3) is 0.571. The Kier molecular flexibility index (Phi) is 6.14. The van der Waals surface area contributed by atoms with Gasteiger partial charge in [0.15, 0.2) is 0 Å². The zero-order chi connectivity index (χ0) is 13.4. The van der Waals surface area contributed by atoms with E-state index in [1.54, 1.807) is 0 Å². The maximum absolute atomic E-state index is 8.43. The summed E-state index contributed by atoms with van der Waals surface area (Å²) in [5.41, 5.74) is 1.71. The molecule has 0 radical (unpaired) electrons. The first kappa shape index (κ1) is 14.4. The fourth-order valence-corrected chi connectivity index (χ4v) is 1.72. The molecular weight excluding hydrogens is 228 g/mol. The molecule has 0 bridgehead atoms. The summed E-state index contributed by atoms with van der Waals surface area (Å²) in [5, 5.41) is 16.9. The third-order valence-corrected chi connectivity index (χ3v) is 2.69. The van der Waals surface area contributed by atoms with Crippen LogP contribution in [0.2, 0.25) is 0 Å². The maximum atomic E-state index is 8.43. The number of nitrogens with zero attached hydrogens (tertiary/aromatic N) is 2. The molecule has 2 aliphatic rings. The molecule has 18 heavy (non-hydrogen) atoms. The lowest BCUT2D eigenvalue weighted by molar-refractivity contribution is 0.0797. The predicted molar refractivity (Wildman–Crippen MR) is 67.5 cm³/mol. The van der Waals surface area contributed by atoms with Crippen LogP contribution in [0, 0.1) is 22.7 Å². The summed E-state index contributed by atoms with van der Waals surface area (Å²) in [6.45, 7) is 5.21. The van der Waals surface area contributed by atoms with Crippen molar-refractivity contribution in [2.24, 2.45) is 0 Å². The zero-order valence-corrected chi connectivity index (χ0v) is 10.8. The van der Waals surface area contributed by atoms with Crippen LogP contribution < -0.4 is 0 Å². The molecule has 0 aromatic rings. The number of hydrogen-bond acceptors (Lipinski definition) is 4. The van der Waals surface area contributed by atoms with Gasteiger partial charge < -0.3 is 9.47 Å². The van der Waals surface area contributed by atoms with Crippen LogP contribution >= 0.6 is 0 Å². The average Bonchev–Trinajstić information content (AvgIpc) is 2.39. The van der Waals surface area contributed by atoms with Gasteiger partial charge in [-0.2, -0.15) is 10.5 Å². The molecule has 2 rings (SSSR count). The minimum absolute atomic E-state index is 0.133. The van der Waals surface area contributed by atoms with E-state index in [9.17, 15) is 0 Å². The summed E-state index contributed by atoms with van der Waals surface area (Å²) in [7, 11) is 0. The summed E-state index contributed by atoms with van der Waals surface area (Å²) in [6, 6.07) is 4.23. The van der Waals surface area contributed by atoms with Crippen LogP contribution in [0.4, 0.5) is 0 Å². The molecule has 0 fully saturated rings. The van der Waals surface area contributed by atoms with Crippen molar-refractivity contribution in [1.82, 2.24) is 0 Å². The molecular formula is C14H18N2O2. The summed E-state index contributed by atoms with van der Waals surface area (Å²) in [6.07, 6.45) is 5.61. The molecule has 2 aliphatic heterocycles. The van der Waals surface area contributed by atoms with Gasteiger partial charge in [0, 0.05) is 24.0 Å². The molecule has 4 nitrogen and oxygen atoms in total. The smallest absolute Gasteiger partial charge is 0.0945 e. The second-order valence-corrected chi connectivity index (χ2v) is 4.32. The zero-order valence-electron chi connectivity index (χ0n) is 10.8. The maximum Gasteiger partial charge on any atom is 0.0945 e. The summed E-state index contributed by atoms with van der Waals surface area (Å²) >= 11 is 0. The molecule has 0 saturated carbocycles. The van der Waals surface area contributed by atoms with Crippen LogP contribution in [0.25, 0.3) is 0 Å². The van der Waals surface area contributed by atoms with Gasteiger partial charge in [-0.15, -0.1) is 0 Å². The fourth-order valence-electron chi connectivity index (χ4n) is 1.72. The van der Waals surface area contributed by atoms with Crippen molar-refractivity contribution in [1.29, 1.82) is 10.5 Å². The second-order valence-electron chi connectivity index (χ2n) is 4.32. The highest BCUT2D eigenvalue weighted by Crippen LogP contribution is 2.12. The second kappa shape index (κ2) is 7.66. The van der Waals surface area contributed by atoms with Gasteiger partial charge in [0.1, 0.15) is 0 Å². The monoisotopic (exact) mass is 246 g/mol. The van der Waals surface area contributed by atoms with Gasteiger partial charge in [-0.25, -0.2) is 0 Å². The van der Waals surface area contributed by atoms with Crippen LogP contribution in [-0.4, -0.2) is 25.4 Å². The molecule has 0 saturated heterocycles. The highest BCUT2D eigenvalue weighted by atomic mass is 16.5. The lowest BCUT2D eigenvalue weighted by atomic mass is 10.1. The average molecular weight is 246 g/mol. The Bertz CT molecular complexity index is 412. The molecule has 2 heterocycles. The first-order valence-corrected chi connectivity index (χ1v) is 6.08. The van der Waals surface area contributed by atoms with Crippen molar-refractivity contribution in [3.63, 3.8) is 0 Å². The van der Waals surface area contributed by atoms with E-state index in [4.69, 9.17) is 20.0 Å². The van der Waals surface area contributed by atoms with E-state index in [1.807, 2.05) is 26.0 Å². The van der Waals surface area contributed by atoms with Gasteiger partial charge in [-0.3, -0.25) is 0 Å². The molecule has 0 aromatic carbocycles. The third-order valence-electron chi connectivity index (χ3n) is 2.69. The summed E-state index contributed by atoms with van der Waals surface area (Å²) in [4.78, 5) is 0. The standard InChI is InChI=1S/2C7H9NO/c2*1-6-4-7(5-8)2-3-9-6/h4,6H,2-3H2,1H3;2,6H,3-4H2,1H3. The Labute approximate surface area is 108 Å². The Hall–Kier alpha value is -1.62. The van der Waals surface area contributed by atoms with E-state index in [2.05, 4.69) is 12.1 Å². The normalized spacial score (nSPS) is 26.7. The lowest BCUT2D eigenvalue weighted by Crippen LogP contribution is -2.13. The van der Waals surface area contributed by atoms with Crippen molar-refractivity contribution in [3.8, 4) is 12.1 Å². The Morgan fingerprint density at radius 1 is 1.17 bits per heavy atom.